The van der Waals surface area contributed by atoms with Gasteiger partial charge in [-0.25, -0.2) is 9.97 Å². The fourth-order valence-corrected chi connectivity index (χ4v) is 2.14. The maximum Gasteiger partial charge on any atom is 0.221 e. The molecule has 0 amide bonds. The van der Waals surface area contributed by atoms with Gasteiger partial charge in [0, 0.05) is 5.39 Å². The van der Waals surface area contributed by atoms with Crippen molar-refractivity contribution in [2.75, 3.05) is 12.8 Å². The number of fused-ring (bicyclic) bond motifs is 1. The van der Waals surface area contributed by atoms with E-state index >= 15 is 0 Å². The summed E-state index contributed by atoms with van der Waals surface area (Å²) in [6.45, 7) is 6.56. The van der Waals surface area contributed by atoms with Crippen LogP contribution in [-0.2, 0) is 0 Å². The molecule has 5 heteroatoms. The second kappa shape index (κ2) is 4.90. The van der Waals surface area contributed by atoms with Crippen molar-refractivity contribution in [1.82, 2.24) is 9.97 Å². The third-order valence-electron chi connectivity index (χ3n) is 2.48. The van der Waals surface area contributed by atoms with Crippen LogP contribution in [0.15, 0.2) is 18.2 Å². The molecular weight excluding hydrogens is 254 g/mol. The third-order valence-corrected chi connectivity index (χ3v) is 3.36. The summed E-state index contributed by atoms with van der Waals surface area (Å²) in [7, 11) is 0.151. The van der Waals surface area contributed by atoms with E-state index in [2.05, 4.69) is 41.1 Å². The number of nitrogens with two attached hydrogens (primary N) is 1. The molecule has 0 aliphatic carbocycles. The molecule has 0 saturated heterocycles. The maximum atomic E-state index is 5.75. The highest BCUT2D eigenvalue weighted by molar-refractivity contribution is 6.83. The predicted octanol–water partition coefficient (Wildman–Crippen LogP) is 2.45. The number of anilines is 1. The lowest BCUT2D eigenvalue weighted by atomic mass is 10.2. The number of methoxy groups -OCH3 is 1. The number of ether oxygens (including phenoxy) is 1. The number of rotatable bonds is 1. The number of benzene rings is 1. The molecule has 0 spiro atoms. The van der Waals surface area contributed by atoms with E-state index in [1.165, 1.54) is 0 Å². The molecule has 0 unspecified atom stereocenters. The lowest BCUT2D eigenvalue weighted by Crippen LogP contribution is -2.16. The zero-order valence-corrected chi connectivity index (χ0v) is 12.6. The van der Waals surface area contributed by atoms with Gasteiger partial charge in [0.15, 0.2) is 0 Å². The van der Waals surface area contributed by atoms with E-state index in [-0.39, 0.29) is 5.95 Å². The second-order valence-electron chi connectivity index (χ2n) is 5.29. The SMILES string of the molecule is COc1cccc2c(C#C[Si](C)(C)C)nc(N)nc12. The van der Waals surface area contributed by atoms with E-state index in [9.17, 15) is 0 Å². The van der Waals surface area contributed by atoms with Crippen molar-refractivity contribution < 1.29 is 4.74 Å². The van der Waals surface area contributed by atoms with Gasteiger partial charge in [0.25, 0.3) is 0 Å². The first kappa shape index (κ1) is 13.4. The molecule has 1 aromatic carbocycles. The Morgan fingerprint density at radius 1 is 1.21 bits per heavy atom. The van der Waals surface area contributed by atoms with E-state index in [0.717, 1.165) is 5.39 Å². The van der Waals surface area contributed by atoms with Gasteiger partial charge in [-0.3, -0.25) is 0 Å². The van der Waals surface area contributed by atoms with Gasteiger partial charge in [0.05, 0.1) is 7.11 Å². The van der Waals surface area contributed by atoms with Crippen LogP contribution < -0.4 is 10.5 Å². The molecule has 2 N–H and O–H groups in total. The molecule has 0 bridgehead atoms. The standard InChI is InChI=1S/C14H17N3OSi/c1-18-12-7-5-6-10-11(8-9-19(2,3)4)16-14(15)17-13(10)12/h5-7H,1-4H3,(H2,15,16,17). The van der Waals surface area contributed by atoms with E-state index in [0.29, 0.717) is 17.0 Å². The van der Waals surface area contributed by atoms with Crippen molar-refractivity contribution in [3.05, 3.63) is 23.9 Å². The second-order valence-corrected chi connectivity index (χ2v) is 10.0. The zero-order chi connectivity index (χ0) is 14.0. The fourth-order valence-electron chi connectivity index (χ4n) is 1.65. The Bertz CT molecular complexity index is 681. The molecule has 0 atom stereocenters. The van der Waals surface area contributed by atoms with Gasteiger partial charge >= 0.3 is 0 Å². The van der Waals surface area contributed by atoms with Crippen molar-refractivity contribution in [3.63, 3.8) is 0 Å². The number of para-hydroxylation sites is 1. The highest BCUT2D eigenvalue weighted by Crippen LogP contribution is 2.25. The van der Waals surface area contributed by atoms with Crippen molar-refractivity contribution in [2.45, 2.75) is 19.6 Å². The topological polar surface area (TPSA) is 61.0 Å². The van der Waals surface area contributed by atoms with Crippen LogP contribution in [0.3, 0.4) is 0 Å². The van der Waals surface area contributed by atoms with Gasteiger partial charge in [-0.05, 0) is 12.1 Å². The van der Waals surface area contributed by atoms with Crippen molar-refractivity contribution >= 4 is 24.9 Å². The Morgan fingerprint density at radius 3 is 2.58 bits per heavy atom. The molecule has 0 saturated carbocycles. The highest BCUT2D eigenvalue weighted by Gasteiger charge is 2.11. The molecule has 4 nitrogen and oxygen atoms in total. The lowest BCUT2D eigenvalue weighted by Gasteiger charge is -2.07. The van der Waals surface area contributed by atoms with Crippen LogP contribution >= 0.6 is 0 Å². The average molecular weight is 271 g/mol. The van der Waals surface area contributed by atoms with Crippen LogP contribution in [0.4, 0.5) is 5.95 Å². The van der Waals surface area contributed by atoms with E-state index in [1.807, 2.05) is 18.2 Å². The third kappa shape index (κ3) is 3.03. The summed E-state index contributed by atoms with van der Waals surface area (Å²) < 4.78 is 5.30. The summed E-state index contributed by atoms with van der Waals surface area (Å²) in [5, 5.41) is 0.874. The van der Waals surface area contributed by atoms with Gasteiger partial charge in [-0.1, -0.05) is 31.6 Å². The van der Waals surface area contributed by atoms with Crippen molar-refractivity contribution in [2.24, 2.45) is 0 Å². The summed E-state index contributed by atoms with van der Waals surface area (Å²) in [4.78, 5) is 8.48. The van der Waals surface area contributed by atoms with E-state index in [4.69, 9.17) is 10.5 Å². The number of aromatic nitrogens is 2. The number of hydrogen-bond acceptors (Lipinski definition) is 4. The molecule has 0 fully saturated rings. The molecule has 2 aromatic rings. The minimum atomic E-state index is -1.46. The van der Waals surface area contributed by atoms with Crippen LogP contribution in [0.25, 0.3) is 10.9 Å². The Balaban J connectivity index is 2.70. The Labute approximate surface area is 114 Å². The molecule has 19 heavy (non-hydrogen) atoms. The zero-order valence-electron chi connectivity index (χ0n) is 11.6. The van der Waals surface area contributed by atoms with E-state index < -0.39 is 8.07 Å². The molecule has 0 radical (unpaired) electrons. The molecular formula is C14H17N3OSi. The Morgan fingerprint density at radius 2 is 1.95 bits per heavy atom. The van der Waals surface area contributed by atoms with Gasteiger partial charge in [0.1, 0.15) is 25.0 Å². The van der Waals surface area contributed by atoms with Crippen molar-refractivity contribution in [1.29, 1.82) is 0 Å². The molecule has 0 aliphatic heterocycles. The van der Waals surface area contributed by atoms with Gasteiger partial charge in [-0.15, -0.1) is 5.54 Å². The summed E-state index contributed by atoms with van der Waals surface area (Å²) in [5.74, 6) is 4.05. The predicted molar refractivity (Wildman–Crippen MR) is 80.7 cm³/mol. The maximum absolute atomic E-state index is 5.75. The average Bonchev–Trinajstić information content (AvgIpc) is 2.34. The van der Waals surface area contributed by atoms with Gasteiger partial charge in [-0.2, -0.15) is 0 Å². The highest BCUT2D eigenvalue weighted by atomic mass is 28.3. The van der Waals surface area contributed by atoms with Crippen LogP contribution in [0.2, 0.25) is 19.6 Å². The summed E-state index contributed by atoms with van der Waals surface area (Å²) >= 11 is 0. The summed E-state index contributed by atoms with van der Waals surface area (Å²) in [5.41, 5.74) is 10.4. The molecule has 2 rings (SSSR count). The monoisotopic (exact) mass is 271 g/mol. The first-order valence-corrected chi connectivity index (χ1v) is 9.54. The number of nitrogens with zero attached hydrogens (tertiary/aromatic N) is 2. The molecule has 98 valence electrons. The van der Waals surface area contributed by atoms with Gasteiger partial charge in [0.2, 0.25) is 5.95 Å². The first-order valence-electron chi connectivity index (χ1n) is 6.04. The summed E-state index contributed by atoms with van der Waals surface area (Å²) in [6.07, 6.45) is 0. The summed E-state index contributed by atoms with van der Waals surface area (Å²) in [6, 6.07) is 5.69. The first-order chi connectivity index (χ1) is 8.90. The largest absolute Gasteiger partial charge is 0.494 e. The van der Waals surface area contributed by atoms with Gasteiger partial charge < -0.3 is 10.5 Å². The Hall–Kier alpha value is -2.06. The van der Waals surface area contributed by atoms with Crippen LogP contribution in [0, 0.1) is 11.5 Å². The van der Waals surface area contributed by atoms with Crippen LogP contribution in [-0.4, -0.2) is 25.2 Å². The van der Waals surface area contributed by atoms with Crippen LogP contribution in [0.1, 0.15) is 5.69 Å². The normalized spacial score (nSPS) is 10.9. The quantitative estimate of drug-likeness (QED) is 0.639. The minimum absolute atomic E-state index is 0.219. The smallest absolute Gasteiger partial charge is 0.221 e. The molecule has 0 aliphatic rings. The van der Waals surface area contributed by atoms with Crippen LogP contribution in [0.5, 0.6) is 5.75 Å². The Kier molecular flexibility index (Phi) is 3.45. The number of nitrogen functional groups attached to an aromatic ring is 1. The molecule has 1 heterocycles. The molecule has 1 aromatic heterocycles. The lowest BCUT2D eigenvalue weighted by molar-refractivity contribution is 0.419. The fraction of sp³-hybridized carbons (Fsp3) is 0.286. The van der Waals surface area contributed by atoms with Crippen molar-refractivity contribution in [3.8, 4) is 17.2 Å². The van der Waals surface area contributed by atoms with E-state index in [1.54, 1.807) is 7.11 Å². The number of hydrogen-bond donors (Lipinski definition) is 1. The minimum Gasteiger partial charge on any atom is -0.494 e.